The number of benzene rings is 2. The van der Waals surface area contributed by atoms with Crippen LogP contribution in [-0.4, -0.2) is 20.7 Å². The fourth-order valence-corrected chi connectivity index (χ4v) is 4.01. The zero-order valence-corrected chi connectivity index (χ0v) is 17.1. The molecule has 0 radical (unpaired) electrons. The highest BCUT2D eigenvalue weighted by atomic mass is 79.9. The Labute approximate surface area is 169 Å². The van der Waals surface area contributed by atoms with E-state index in [-0.39, 0.29) is 5.56 Å². The topological polar surface area (TPSA) is 79.3 Å². The van der Waals surface area contributed by atoms with Crippen LogP contribution in [0, 0.1) is 0 Å². The molecule has 138 valence electrons. The highest BCUT2D eigenvalue weighted by Crippen LogP contribution is 2.20. The molecule has 0 spiro atoms. The maximum absolute atomic E-state index is 12.6. The first-order chi connectivity index (χ1) is 13.1. The highest BCUT2D eigenvalue weighted by molar-refractivity contribution is 9.10. The number of hydrogen-bond donors (Lipinski definition) is 2. The SMILES string of the molecule is Cn1c(CSC(N)=N[NH+]=Cc2ccccc2)c(Br)c(=O)n1-c1ccccc1. The molecule has 0 fully saturated rings. The summed E-state index contributed by atoms with van der Waals surface area (Å²) in [7, 11) is 1.85. The normalized spacial score (nSPS) is 12.0. The molecule has 1 heterocycles. The van der Waals surface area contributed by atoms with Crippen molar-refractivity contribution < 1.29 is 5.10 Å². The van der Waals surface area contributed by atoms with Crippen LogP contribution in [0.15, 0.2) is 75.0 Å². The third kappa shape index (κ3) is 4.58. The predicted molar refractivity (Wildman–Crippen MR) is 114 cm³/mol. The minimum Gasteiger partial charge on any atom is -0.373 e. The van der Waals surface area contributed by atoms with Gasteiger partial charge in [-0.2, -0.15) is 0 Å². The van der Waals surface area contributed by atoms with Crippen LogP contribution in [0.25, 0.3) is 5.69 Å². The molecule has 0 atom stereocenters. The number of nitrogens with two attached hydrogens (primary N) is 1. The Hall–Kier alpha value is -2.58. The molecule has 2 aromatic carbocycles. The Morgan fingerprint density at radius 3 is 2.48 bits per heavy atom. The standard InChI is InChI=1S/C19H18BrN5OS/c1-24-16(17(20)18(26)25(24)15-10-6-3-7-11-15)13-27-19(21)23-22-12-14-8-4-2-5-9-14/h2-12H,13H2,1H3,(H2,21,23)/p+1. The minimum atomic E-state index is -0.106. The lowest BCUT2D eigenvalue weighted by atomic mass is 10.2. The van der Waals surface area contributed by atoms with Gasteiger partial charge in [0.1, 0.15) is 4.47 Å². The number of rotatable bonds is 5. The molecule has 0 saturated carbocycles. The summed E-state index contributed by atoms with van der Waals surface area (Å²) in [6, 6.07) is 19.3. The molecule has 0 saturated heterocycles. The summed E-state index contributed by atoms with van der Waals surface area (Å²) in [5.41, 5.74) is 8.50. The van der Waals surface area contributed by atoms with Crippen molar-refractivity contribution >= 4 is 39.1 Å². The number of thioether (sulfide) groups is 1. The Balaban J connectivity index is 1.74. The van der Waals surface area contributed by atoms with Crippen LogP contribution in [0.2, 0.25) is 0 Å². The third-order valence-electron chi connectivity index (χ3n) is 3.89. The Bertz CT molecular complexity index is 1030. The number of nitrogens with zero attached hydrogens (tertiary/aromatic N) is 3. The van der Waals surface area contributed by atoms with Crippen LogP contribution >= 0.6 is 27.7 Å². The fourth-order valence-electron chi connectivity index (χ4n) is 2.53. The van der Waals surface area contributed by atoms with Crippen LogP contribution in [0.3, 0.4) is 0 Å². The molecule has 0 amide bonds. The number of nitrogens with one attached hydrogen (secondary N) is 1. The van der Waals surface area contributed by atoms with Gasteiger partial charge in [-0.1, -0.05) is 48.2 Å². The van der Waals surface area contributed by atoms with Crippen LogP contribution in [0.4, 0.5) is 0 Å². The lowest BCUT2D eigenvalue weighted by Crippen LogP contribution is -2.62. The zero-order valence-electron chi connectivity index (χ0n) is 14.7. The van der Waals surface area contributed by atoms with Crippen molar-refractivity contribution in [3.63, 3.8) is 0 Å². The maximum Gasteiger partial charge on any atom is 0.286 e. The summed E-state index contributed by atoms with van der Waals surface area (Å²) in [6.45, 7) is 0. The summed E-state index contributed by atoms with van der Waals surface area (Å²) in [5.74, 6) is 0.508. The van der Waals surface area contributed by atoms with Gasteiger partial charge in [-0.15, -0.1) is 5.10 Å². The van der Waals surface area contributed by atoms with E-state index in [9.17, 15) is 4.79 Å². The first kappa shape index (κ1) is 19.2. The first-order valence-corrected chi connectivity index (χ1v) is 9.97. The first-order valence-electron chi connectivity index (χ1n) is 8.19. The van der Waals surface area contributed by atoms with Crippen molar-refractivity contribution in [2.24, 2.45) is 17.9 Å². The van der Waals surface area contributed by atoms with E-state index >= 15 is 0 Å². The van der Waals surface area contributed by atoms with Crippen LogP contribution in [0.5, 0.6) is 0 Å². The molecule has 0 aliphatic rings. The van der Waals surface area contributed by atoms with E-state index in [1.807, 2.05) is 72.4 Å². The molecule has 8 heteroatoms. The second-order valence-corrected chi connectivity index (χ2v) is 7.45. The van der Waals surface area contributed by atoms with Crippen LogP contribution in [0.1, 0.15) is 11.3 Å². The Morgan fingerprint density at radius 1 is 1.19 bits per heavy atom. The van der Waals surface area contributed by atoms with Crippen LogP contribution in [-0.2, 0) is 12.8 Å². The molecule has 1 aromatic heterocycles. The summed E-state index contributed by atoms with van der Waals surface area (Å²) in [6.07, 6.45) is 1.77. The average Bonchev–Trinajstić information content (AvgIpc) is 2.90. The third-order valence-corrected chi connectivity index (χ3v) is 5.49. The molecule has 0 aliphatic heterocycles. The molecule has 0 aliphatic carbocycles. The van der Waals surface area contributed by atoms with E-state index in [2.05, 4.69) is 26.1 Å². The molecule has 0 unspecified atom stereocenters. The summed E-state index contributed by atoms with van der Waals surface area (Å²) in [4.78, 5) is 12.6. The summed E-state index contributed by atoms with van der Waals surface area (Å²) in [5, 5.41) is 7.35. The largest absolute Gasteiger partial charge is 0.373 e. The van der Waals surface area contributed by atoms with E-state index in [1.165, 1.54) is 11.8 Å². The molecule has 0 bridgehead atoms. The summed E-state index contributed by atoms with van der Waals surface area (Å²) >= 11 is 4.76. The lowest BCUT2D eigenvalue weighted by Gasteiger charge is -2.09. The minimum absolute atomic E-state index is 0.106. The number of hydrazone groups is 1. The van der Waals surface area contributed by atoms with Gasteiger partial charge < -0.3 is 5.73 Å². The Kier molecular flexibility index (Phi) is 6.31. The highest BCUT2D eigenvalue weighted by Gasteiger charge is 2.17. The number of hydrogen-bond acceptors (Lipinski definition) is 3. The Morgan fingerprint density at radius 2 is 1.81 bits per heavy atom. The number of aromatic nitrogens is 2. The average molecular weight is 445 g/mol. The van der Waals surface area contributed by atoms with Gasteiger partial charge >= 0.3 is 0 Å². The molecule has 3 rings (SSSR count). The van der Waals surface area contributed by atoms with E-state index in [4.69, 9.17) is 5.73 Å². The van der Waals surface area contributed by atoms with Crippen molar-refractivity contribution in [3.8, 4) is 5.69 Å². The van der Waals surface area contributed by atoms with Gasteiger partial charge in [-0.05, 0) is 40.2 Å². The second-order valence-electron chi connectivity index (χ2n) is 5.66. The lowest BCUT2D eigenvalue weighted by molar-refractivity contribution is -0.456. The maximum atomic E-state index is 12.6. The predicted octanol–water partition coefficient (Wildman–Crippen LogP) is 1.60. The van der Waals surface area contributed by atoms with Gasteiger partial charge in [-0.25, -0.2) is 4.68 Å². The quantitative estimate of drug-likeness (QED) is 0.356. The zero-order chi connectivity index (χ0) is 19.2. The van der Waals surface area contributed by atoms with Gasteiger partial charge in [0, 0.05) is 23.5 Å². The molecular formula is C19H19BrN5OS+. The van der Waals surface area contributed by atoms with E-state index in [1.54, 1.807) is 10.9 Å². The van der Waals surface area contributed by atoms with Gasteiger partial charge in [0.25, 0.3) is 5.56 Å². The summed E-state index contributed by atoms with van der Waals surface area (Å²) < 4.78 is 3.97. The molecule has 3 N–H and O–H groups in total. The van der Waals surface area contributed by atoms with Gasteiger partial charge in [0.05, 0.1) is 11.4 Å². The molecule has 3 aromatic rings. The van der Waals surface area contributed by atoms with Crippen molar-refractivity contribution in [2.75, 3.05) is 0 Å². The monoisotopic (exact) mass is 444 g/mol. The molecule has 6 nitrogen and oxygen atoms in total. The van der Waals surface area contributed by atoms with Crippen molar-refractivity contribution in [2.45, 2.75) is 5.75 Å². The number of para-hydroxylation sites is 1. The fraction of sp³-hybridized carbons (Fsp3) is 0.105. The number of halogens is 1. The van der Waals surface area contributed by atoms with E-state index in [0.29, 0.717) is 15.4 Å². The second kappa shape index (κ2) is 8.88. The molecule has 27 heavy (non-hydrogen) atoms. The van der Waals surface area contributed by atoms with E-state index in [0.717, 1.165) is 16.9 Å². The van der Waals surface area contributed by atoms with Gasteiger partial charge in [0.2, 0.25) is 11.4 Å². The van der Waals surface area contributed by atoms with Crippen LogP contribution < -0.4 is 16.4 Å². The van der Waals surface area contributed by atoms with Crippen molar-refractivity contribution in [1.82, 2.24) is 9.36 Å². The van der Waals surface area contributed by atoms with Crippen molar-refractivity contribution in [1.29, 1.82) is 0 Å². The van der Waals surface area contributed by atoms with Gasteiger partial charge in [-0.3, -0.25) is 9.48 Å². The van der Waals surface area contributed by atoms with Gasteiger partial charge in [0.15, 0.2) is 0 Å². The smallest absolute Gasteiger partial charge is 0.286 e. The van der Waals surface area contributed by atoms with E-state index < -0.39 is 0 Å². The molecular weight excluding hydrogens is 426 g/mol. The van der Waals surface area contributed by atoms with Crippen molar-refractivity contribution in [3.05, 3.63) is 86.7 Å². The number of amidine groups is 1.